The fraction of sp³-hybridized carbons (Fsp3) is 0.130. The zero-order valence-corrected chi connectivity index (χ0v) is 16.4. The molecule has 3 aromatic carbocycles. The number of nitrogens with one attached hydrogen (secondary N) is 1. The number of rotatable bonds is 5. The van der Waals surface area contributed by atoms with Gasteiger partial charge in [0, 0.05) is 17.0 Å². The minimum atomic E-state index is -1.17. The summed E-state index contributed by atoms with van der Waals surface area (Å²) in [7, 11) is -1.17. The summed E-state index contributed by atoms with van der Waals surface area (Å²) in [5.74, 6) is -0.521. The number of fused-ring (bicyclic) bond motifs is 1. The lowest BCUT2D eigenvalue weighted by atomic mass is 9.98. The van der Waals surface area contributed by atoms with Crippen molar-refractivity contribution in [3.8, 4) is 0 Å². The highest BCUT2D eigenvalue weighted by Gasteiger charge is 2.31. The molecule has 0 saturated heterocycles. The second-order valence-electron chi connectivity index (χ2n) is 6.75. The number of esters is 1. The van der Waals surface area contributed by atoms with Crippen LogP contribution in [0.3, 0.4) is 0 Å². The molecule has 0 aromatic heterocycles. The van der Waals surface area contributed by atoms with E-state index >= 15 is 0 Å². The average molecular weight is 405 g/mol. The van der Waals surface area contributed by atoms with Crippen molar-refractivity contribution in [2.45, 2.75) is 23.2 Å². The Hall–Kier alpha value is -3.25. The first-order valence-electron chi connectivity index (χ1n) is 9.22. The molecule has 6 heteroatoms. The lowest BCUT2D eigenvalue weighted by Crippen LogP contribution is -2.37. The van der Waals surface area contributed by atoms with Gasteiger partial charge in [-0.3, -0.25) is 9.00 Å². The van der Waals surface area contributed by atoms with E-state index < -0.39 is 22.9 Å². The average Bonchev–Trinajstić information content (AvgIpc) is 2.74. The molecule has 1 aliphatic rings. The summed E-state index contributed by atoms with van der Waals surface area (Å²) in [6.07, 6.45) is -0.537. The number of amides is 1. The van der Waals surface area contributed by atoms with E-state index in [0.717, 1.165) is 16.0 Å². The Kier molecular flexibility index (Phi) is 5.53. The van der Waals surface area contributed by atoms with E-state index in [0.29, 0.717) is 23.4 Å². The van der Waals surface area contributed by atoms with Crippen LogP contribution in [0.15, 0.2) is 83.8 Å². The monoisotopic (exact) mass is 405 g/mol. The van der Waals surface area contributed by atoms with Gasteiger partial charge in [0.15, 0.2) is 6.10 Å². The predicted octanol–water partition coefficient (Wildman–Crippen LogP) is 3.71. The van der Waals surface area contributed by atoms with Crippen molar-refractivity contribution in [1.29, 1.82) is 0 Å². The molecule has 4 rings (SSSR count). The molecule has 1 N–H and O–H groups in total. The Morgan fingerprint density at radius 3 is 2.59 bits per heavy atom. The number of hydrogen-bond donors (Lipinski definition) is 1. The smallest absolute Gasteiger partial charge is 0.339 e. The number of hydrogen-bond acceptors (Lipinski definition) is 4. The molecule has 0 saturated carbocycles. The van der Waals surface area contributed by atoms with Gasteiger partial charge < -0.3 is 10.1 Å². The van der Waals surface area contributed by atoms with Crippen molar-refractivity contribution in [2.75, 3.05) is 5.32 Å². The Balaban J connectivity index is 1.44. The normalized spacial score (nSPS) is 16.4. The molecule has 2 atom stereocenters. The minimum Gasteiger partial charge on any atom is -0.448 e. The number of ether oxygens (including phenoxy) is 1. The number of cyclic esters (lactones) is 1. The lowest BCUT2D eigenvalue weighted by molar-refractivity contribution is -0.125. The molecule has 2 unspecified atom stereocenters. The highest BCUT2D eigenvalue weighted by Crippen LogP contribution is 2.22. The molecule has 0 spiro atoms. The fourth-order valence-electron chi connectivity index (χ4n) is 3.25. The summed E-state index contributed by atoms with van der Waals surface area (Å²) in [6.45, 7) is 0. The maximum absolute atomic E-state index is 12.6. The molecular weight excluding hydrogens is 386 g/mol. The van der Waals surface area contributed by atoms with Crippen molar-refractivity contribution in [3.63, 3.8) is 0 Å². The highest BCUT2D eigenvalue weighted by atomic mass is 32.2. The zero-order chi connectivity index (χ0) is 20.2. The molecule has 0 radical (unpaired) electrons. The second-order valence-corrected chi connectivity index (χ2v) is 8.20. The summed E-state index contributed by atoms with van der Waals surface area (Å²) in [5.41, 5.74) is 2.72. The van der Waals surface area contributed by atoms with E-state index in [2.05, 4.69) is 5.32 Å². The van der Waals surface area contributed by atoms with Gasteiger partial charge in [-0.15, -0.1) is 0 Å². The third kappa shape index (κ3) is 4.43. The molecule has 0 fully saturated rings. The van der Waals surface area contributed by atoms with Crippen LogP contribution in [0.5, 0.6) is 0 Å². The van der Waals surface area contributed by atoms with Crippen LogP contribution in [0.2, 0.25) is 0 Å². The highest BCUT2D eigenvalue weighted by molar-refractivity contribution is 7.84. The Morgan fingerprint density at radius 2 is 1.76 bits per heavy atom. The number of carbonyl (C=O) groups is 2. The SMILES string of the molecule is O=C1OC(C(=O)Nc2cccc(CS(=O)c3ccccc3)c2)Cc2ccccc21. The van der Waals surface area contributed by atoms with E-state index in [1.54, 1.807) is 30.3 Å². The van der Waals surface area contributed by atoms with E-state index in [1.165, 1.54) is 0 Å². The van der Waals surface area contributed by atoms with Gasteiger partial charge in [-0.05, 0) is 41.5 Å². The van der Waals surface area contributed by atoms with Gasteiger partial charge in [-0.1, -0.05) is 48.5 Å². The summed E-state index contributed by atoms with van der Waals surface area (Å²) in [6, 6.07) is 23.6. The largest absolute Gasteiger partial charge is 0.448 e. The van der Waals surface area contributed by atoms with Crippen LogP contribution in [-0.4, -0.2) is 22.2 Å². The van der Waals surface area contributed by atoms with Crippen molar-refractivity contribution < 1.29 is 18.5 Å². The van der Waals surface area contributed by atoms with Crippen molar-refractivity contribution in [1.82, 2.24) is 0 Å². The van der Waals surface area contributed by atoms with Crippen LogP contribution >= 0.6 is 0 Å². The van der Waals surface area contributed by atoms with Crippen molar-refractivity contribution in [3.05, 3.63) is 95.6 Å². The lowest BCUT2D eigenvalue weighted by Gasteiger charge is -2.23. The standard InChI is InChI=1S/C23H19NO4S/c25-22(21-14-17-8-4-5-12-20(17)23(26)28-21)24-18-9-6-7-16(13-18)15-29(27)19-10-2-1-3-11-19/h1-13,21H,14-15H2,(H,24,25). The maximum Gasteiger partial charge on any atom is 0.339 e. The molecule has 3 aromatic rings. The Labute approximate surface area is 171 Å². The first-order chi connectivity index (χ1) is 14.1. The Morgan fingerprint density at radius 1 is 1.00 bits per heavy atom. The summed E-state index contributed by atoms with van der Waals surface area (Å²) in [5, 5.41) is 2.80. The van der Waals surface area contributed by atoms with E-state index in [9.17, 15) is 13.8 Å². The van der Waals surface area contributed by atoms with Crippen LogP contribution in [0.1, 0.15) is 21.5 Å². The molecule has 29 heavy (non-hydrogen) atoms. The third-order valence-electron chi connectivity index (χ3n) is 4.68. The second kappa shape index (κ2) is 8.41. The molecule has 5 nitrogen and oxygen atoms in total. The first kappa shape index (κ1) is 19.1. The molecule has 1 heterocycles. The predicted molar refractivity (Wildman–Crippen MR) is 111 cm³/mol. The van der Waals surface area contributed by atoms with E-state index in [-0.39, 0.29) is 5.91 Å². The van der Waals surface area contributed by atoms with Gasteiger partial charge in [0.1, 0.15) is 0 Å². The van der Waals surface area contributed by atoms with Crippen LogP contribution in [-0.2, 0) is 32.5 Å². The maximum atomic E-state index is 12.6. The van der Waals surface area contributed by atoms with Crippen LogP contribution in [0.4, 0.5) is 5.69 Å². The molecule has 0 aliphatic carbocycles. The van der Waals surface area contributed by atoms with Gasteiger partial charge in [0.25, 0.3) is 5.91 Å². The first-order valence-corrected chi connectivity index (χ1v) is 10.5. The summed E-state index contributed by atoms with van der Waals surface area (Å²) >= 11 is 0. The van der Waals surface area contributed by atoms with Crippen LogP contribution in [0, 0.1) is 0 Å². The molecular formula is C23H19NO4S. The number of anilines is 1. The zero-order valence-electron chi connectivity index (χ0n) is 15.5. The van der Waals surface area contributed by atoms with Gasteiger partial charge in [-0.25, -0.2) is 4.79 Å². The van der Waals surface area contributed by atoms with Gasteiger partial charge in [0.2, 0.25) is 0 Å². The van der Waals surface area contributed by atoms with E-state index in [1.807, 2.05) is 48.5 Å². The van der Waals surface area contributed by atoms with Crippen LogP contribution < -0.4 is 5.32 Å². The molecule has 1 amide bonds. The Bertz CT molecular complexity index is 1080. The number of carbonyl (C=O) groups excluding carboxylic acids is 2. The van der Waals surface area contributed by atoms with Crippen LogP contribution in [0.25, 0.3) is 0 Å². The third-order valence-corrected chi connectivity index (χ3v) is 6.08. The van der Waals surface area contributed by atoms with Crippen molar-refractivity contribution in [2.24, 2.45) is 0 Å². The molecule has 0 bridgehead atoms. The minimum absolute atomic E-state index is 0.339. The topological polar surface area (TPSA) is 72.5 Å². The summed E-state index contributed by atoms with van der Waals surface area (Å²) < 4.78 is 17.8. The van der Waals surface area contributed by atoms with Gasteiger partial charge in [0.05, 0.1) is 22.1 Å². The summed E-state index contributed by atoms with van der Waals surface area (Å²) in [4.78, 5) is 25.5. The molecule has 146 valence electrons. The molecule has 1 aliphatic heterocycles. The fourth-order valence-corrected chi connectivity index (χ4v) is 4.36. The van der Waals surface area contributed by atoms with E-state index in [4.69, 9.17) is 4.74 Å². The quantitative estimate of drug-likeness (QED) is 0.657. The van der Waals surface area contributed by atoms with Gasteiger partial charge in [-0.2, -0.15) is 0 Å². The van der Waals surface area contributed by atoms with Gasteiger partial charge >= 0.3 is 5.97 Å². The van der Waals surface area contributed by atoms with Crippen molar-refractivity contribution >= 4 is 28.4 Å². The number of benzene rings is 3.